The molecule has 2 saturated heterocycles. The van der Waals surface area contributed by atoms with Gasteiger partial charge in [-0.15, -0.1) is 0 Å². The first-order valence-corrected chi connectivity index (χ1v) is 14.7. The first-order chi connectivity index (χ1) is 16.4. The maximum absolute atomic E-state index is 3.46. The molecular formula is C28H58N6. The number of nitrogens with one attached hydrogen (secondary N) is 2. The molecule has 6 nitrogen and oxygen atoms in total. The minimum absolute atomic E-state index is 0.716. The van der Waals surface area contributed by atoms with Gasteiger partial charge in [-0.05, 0) is 80.3 Å². The second-order valence-electron chi connectivity index (χ2n) is 11.9. The highest BCUT2D eigenvalue weighted by Crippen LogP contribution is 2.25. The van der Waals surface area contributed by atoms with Crippen molar-refractivity contribution in [3.05, 3.63) is 0 Å². The lowest BCUT2D eigenvalue weighted by atomic mass is 9.89. The number of hydrogen-bond acceptors (Lipinski definition) is 6. The zero-order valence-corrected chi connectivity index (χ0v) is 23.6. The van der Waals surface area contributed by atoms with E-state index in [0.29, 0.717) is 12.1 Å². The van der Waals surface area contributed by atoms with Gasteiger partial charge in [0.2, 0.25) is 0 Å². The van der Waals surface area contributed by atoms with Gasteiger partial charge in [-0.3, -0.25) is 19.6 Å². The van der Waals surface area contributed by atoms with Crippen LogP contribution in [0.5, 0.6) is 0 Å². The van der Waals surface area contributed by atoms with E-state index in [9.17, 15) is 0 Å². The summed E-state index contributed by atoms with van der Waals surface area (Å²) in [5.41, 5.74) is 0. The Hall–Kier alpha value is -0.240. The first kappa shape index (κ1) is 28.3. The molecular weight excluding hydrogens is 420 g/mol. The van der Waals surface area contributed by atoms with Crippen LogP contribution < -0.4 is 10.6 Å². The van der Waals surface area contributed by atoms with E-state index in [1.807, 2.05) is 0 Å². The molecule has 4 aliphatic rings. The fraction of sp³-hybridized carbons (Fsp3) is 1.00. The van der Waals surface area contributed by atoms with Crippen LogP contribution in [0.25, 0.3) is 0 Å². The van der Waals surface area contributed by atoms with Crippen molar-refractivity contribution < 1.29 is 0 Å². The van der Waals surface area contributed by atoms with Crippen molar-refractivity contribution in [2.75, 3.05) is 66.5 Å². The summed E-state index contributed by atoms with van der Waals surface area (Å²) in [6.07, 6.45) is 11.1. The summed E-state index contributed by atoms with van der Waals surface area (Å²) in [7, 11) is 4.23. The van der Waals surface area contributed by atoms with Crippen LogP contribution in [0.3, 0.4) is 0 Å². The molecule has 4 atom stereocenters. The second-order valence-corrected chi connectivity index (χ2v) is 11.9. The van der Waals surface area contributed by atoms with Gasteiger partial charge < -0.3 is 10.6 Å². The van der Waals surface area contributed by atoms with Crippen LogP contribution in [-0.4, -0.2) is 122 Å². The summed E-state index contributed by atoms with van der Waals surface area (Å²) in [5, 5.41) is 6.93. The largest absolute Gasteiger partial charge is 0.317 e. The standard InChI is InChI=1S/2C14H29N3/c2*1-12(2)16-7-9-17(10-8-16)14-6-4-5-13(11-14)15-3/h2*12-15H,4-11H2,1-3H3/t13-,14+;/m1./s1. The highest BCUT2D eigenvalue weighted by Gasteiger charge is 2.30. The molecule has 200 valence electrons. The van der Waals surface area contributed by atoms with Crippen molar-refractivity contribution in [1.29, 1.82) is 0 Å². The number of nitrogens with zero attached hydrogens (tertiary/aromatic N) is 4. The summed E-state index contributed by atoms with van der Waals surface area (Å²) in [5.74, 6) is 0. The van der Waals surface area contributed by atoms with Crippen molar-refractivity contribution in [3.8, 4) is 0 Å². The molecule has 0 bridgehead atoms. The lowest BCUT2D eigenvalue weighted by Gasteiger charge is -2.43. The van der Waals surface area contributed by atoms with Crippen molar-refractivity contribution in [1.82, 2.24) is 30.2 Å². The molecule has 0 aromatic carbocycles. The molecule has 0 aromatic rings. The average molecular weight is 479 g/mol. The minimum atomic E-state index is 0.716. The van der Waals surface area contributed by atoms with Gasteiger partial charge in [-0.25, -0.2) is 0 Å². The smallest absolute Gasteiger partial charge is 0.0113 e. The fourth-order valence-electron chi connectivity index (χ4n) is 6.75. The quantitative estimate of drug-likeness (QED) is 0.611. The van der Waals surface area contributed by atoms with E-state index >= 15 is 0 Å². The summed E-state index contributed by atoms with van der Waals surface area (Å²) in [6.45, 7) is 19.4. The molecule has 4 rings (SSSR count). The molecule has 4 fully saturated rings. The Balaban J connectivity index is 0.000000191. The van der Waals surface area contributed by atoms with Crippen LogP contribution in [-0.2, 0) is 0 Å². The zero-order chi connectivity index (χ0) is 24.5. The van der Waals surface area contributed by atoms with Crippen LogP contribution in [0.2, 0.25) is 0 Å². The van der Waals surface area contributed by atoms with Gasteiger partial charge in [0.25, 0.3) is 0 Å². The predicted molar refractivity (Wildman–Crippen MR) is 147 cm³/mol. The number of rotatable bonds is 6. The topological polar surface area (TPSA) is 37.0 Å². The fourth-order valence-corrected chi connectivity index (χ4v) is 6.75. The lowest BCUT2D eigenvalue weighted by Crippen LogP contribution is -2.54. The first-order valence-electron chi connectivity index (χ1n) is 14.7. The van der Waals surface area contributed by atoms with Gasteiger partial charge >= 0.3 is 0 Å². The summed E-state index contributed by atoms with van der Waals surface area (Å²) in [4.78, 5) is 10.7. The van der Waals surface area contributed by atoms with Crippen LogP contribution in [0.4, 0.5) is 0 Å². The molecule has 34 heavy (non-hydrogen) atoms. The van der Waals surface area contributed by atoms with Crippen molar-refractivity contribution in [3.63, 3.8) is 0 Å². The van der Waals surface area contributed by atoms with E-state index in [4.69, 9.17) is 0 Å². The number of hydrogen-bond donors (Lipinski definition) is 2. The molecule has 0 radical (unpaired) electrons. The summed E-state index contributed by atoms with van der Waals surface area (Å²) >= 11 is 0. The highest BCUT2D eigenvalue weighted by atomic mass is 15.3. The van der Waals surface area contributed by atoms with Crippen LogP contribution in [0.15, 0.2) is 0 Å². The normalized spacial score (nSPS) is 33.2. The van der Waals surface area contributed by atoms with Crippen LogP contribution in [0.1, 0.15) is 79.1 Å². The minimum Gasteiger partial charge on any atom is -0.317 e. The summed E-state index contributed by atoms with van der Waals surface area (Å²) in [6, 6.07) is 4.64. The Morgan fingerprint density at radius 2 is 0.882 bits per heavy atom. The van der Waals surface area contributed by atoms with Crippen molar-refractivity contribution in [2.45, 2.75) is 115 Å². The Labute approximate surface area is 212 Å². The van der Waals surface area contributed by atoms with Crippen molar-refractivity contribution >= 4 is 0 Å². The molecule has 2 aliphatic carbocycles. The maximum Gasteiger partial charge on any atom is 0.0113 e. The van der Waals surface area contributed by atoms with E-state index in [1.54, 1.807) is 0 Å². The molecule has 0 aromatic heterocycles. The van der Waals surface area contributed by atoms with Gasteiger partial charge in [0.05, 0.1) is 0 Å². The molecule has 2 heterocycles. The maximum atomic E-state index is 3.46. The molecule has 2 aliphatic heterocycles. The number of piperazine rings is 2. The average Bonchev–Trinajstić information content (AvgIpc) is 2.89. The Kier molecular flexibility index (Phi) is 12.1. The van der Waals surface area contributed by atoms with E-state index in [1.165, 1.54) is 104 Å². The van der Waals surface area contributed by atoms with Gasteiger partial charge in [0, 0.05) is 88.6 Å². The molecule has 2 unspecified atom stereocenters. The van der Waals surface area contributed by atoms with Crippen molar-refractivity contribution in [2.24, 2.45) is 0 Å². The Morgan fingerprint density at radius 1 is 0.529 bits per heavy atom. The van der Waals surface area contributed by atoms with Gasteiger partial charge in [-0.1, -0.05) is 12.8 Å². The van der Waals surface area contributed by atoms with E-state index in [2.05, 4.69) is 72.0 Å². The Bertz CT molecular complexity index is 491. The second kappa shape index (κ2) is 14.5. The Morgan fingerprint density at radius 3 is 1.18 bits per heavy atom. The molecule has 2 saturated carbocycles. The van der Waals surface area contributed by atoms with E-state index in [-0.39, 0.29) is 0 Å². The van der Waals surface area contributed by atoms with Gasteiger partial charge in [0.15, 0.2) is 0 Å². The third-order valence-electron chi connectivity index (χ3n) is 9.30. The zero-order valence-electron chi connectivity index (χ0n) is 23.6. The summed E-state index contributed by atoms with van der Waals surface area (Å²) < 4.78 is 0. The SMILES string of the molecule is CNC1CCCC(N2CCN(C(C)C)CC2)C1.CN[C@@H]1CCC[C@H](N2CCN(C(C)C)CC2)C1. The van der Waals surface area contributed by atoms with Gasteiger partial charge in [0.1, 0.15) is 0 Å². The molecule has 2 N–H and O–H groups in total. The predicted octanol–water partition coefficient (Wildman–Crippen LogP) is 3.09. The van der Waals surface area contributed by atoms with Crippen LogP contribution in [0, 0.1) is 0 Å². The molecule has 0 spiro atoms. The lowest BCUT2D eigenvalue weighted by molar-refractivity contribution is 0.0591. The van der Waals surface area contributed by atoms with Gasteiger partial charge in [-0.2, -0.15) is 0 Å². The van der Waals surface area contributed by atoms with E-state index in [0.717, 1.165) is 24.2 Å². The third-order valence-corrected chi connectivity index (χ3v) is 9.30. The highest BCUT2D eigenvalue weighted by molar-refractivity contribution is 4.87. The third kappa shape index (κ3) is 8.41. The molecule has 6 heteroatoms. The van der Waals surface area contributed by atoms with Crippen LogP contribution >= 0.6 is 0 Å². The monoisotopic (exact) mass is 478 g/mol. The molecule has 0 amide bonds. The van der Waals surface area contributed by atoms with E-state index < -0.39 is 0 Å².